The predicted octanol–water partition coefficient (Wildman–Crippen LogP) is 2.67. The van der Waals surface area contributed by atoms with Crippen molar-refractivity contribution in [2.75, 3.05) is 25.6 Å². The van der Waals surface area contributed by atoms with Gasteiger partial charge in [0.15, 0.2) is 18.1 Å². The number of aromatic nitrogens is 2. The van der Waals surface area contributed by atoms with Crippen LogP contribution in [0.5, 0.6) is 11.5 Å². The highest BCUT2D eigenvalue weighted by Gasteiger charge is 2.29. The average Bonchev–Trinajstić information content (AvgIpc) is 3.58. The van der Waals surface area contributed by atoms with Gasteiger partial charge in [-0.2, -0.15) is 0 Å². The normalized spacial score (nSPS) is 13.1. The largest absolute Gasteiger partial charge is 0.493 e. The molecule has 8 heteroatoms. The Morgan fingerprint density at radius 3 is 2.68 bits per heavy atom. The van der Waals surface area contributed by atoms with Crippen molar-refractivity contribution in [1.29, 1.82) is 0 Å². The maximum absolute atomic E-state index is 12.3. The number of carbonyl (C=O) groups is 2. The number of para-hydroxylation sites is 2. The van der Waals surface area contributed by atoms with Crippen molar-refractivity contribution < 1.29 is 19.1 Å². The van der Waals surface area contributed by atoms with Crippen LogP contribution in [-0.2, 0) is 23.1 Å². The van der Waals surface area contributed by atoms with Gasteiger partial charge in [0.2, 0.25) is 5.91 Å². The molecular weight excluding hydrogens is 396 g/mol. The third-order valence-electron chi connectivity index (χ3n) is 5.28. The van der Waals surface area contributed by atoms with Gasteiger partial charge in [-0.15, -0.1) is 0 Å². The molecule has 0 bridgehead atoms. The fourth-order valence-electron chi connectivity index (χ4n) is 3.42. The maximum Gasteiger partial charge on any atom is 0.262 e. The van der Waals surface area contributed by atoms with E-state index in [0.717, 1.165) is 29.7 Å². The van der Waals surface area contributed by atoms with E-state index in [1.165, 1.54) is 0 Å². The number of amides is 2. The molecule has 4 rings (SSSR count). The van der Waals surface area contributed by atoms with E-state index in [9.17, 15) is 9.59 Å². The SMILES string of the molecule is COc1ccccc1OCC(=O)Nc1ccc2c(c1)nc(CCNC(=O)C1CC1)n2C. The molecule has 2 aromatic carbocycles. The smallest absolute Gasteiger partial charge is 0.262 e. The Morgan fingerprint density at radius 2 is 1.94 bits per heavy atom. The van der Waals surface area contributed by atoms with Gasteiger partial charge < -0.3 is 24.7 Å². The summed E-state index contributed by atoms with van der Waals surface area (Å²) in [4.78, 5) is 28.8. The molecule has 3 aromatic rings. The van der Waals surface area contributed by atoms with Crippen LogP contribution < -0.4 is 20.1 Å². The van der Waals surface area contributed by atoms with Gasteiger partial charge in [-0.05, 0) is 43.2 Å². The number of ether oxygens (including phenoxy) is 2. The Bertz CT molecular complexity index is 1100. The second kappa shape index (κ2) is 9.07. The minimum atomic E-state index is -0.274. The first-order chi connectivity index (χ1) is 15.0. The molecule has 0 aliphatic heterocycles. The zero-order valence-electron chi connectivity index (χ0n) is 17.7. The first kappa shape index (κ1) is 20.7. The molecule has 0 atom stereocenters. The van der Waals surface area contributed by atoms with Crippen LogP contribution in [0.15, 0.2) is 42.5 Å². The summed E-state index contributed by atoms with van der Waals surface area (Å²) in [5, 5.41) is 5.80. The highest BCUT2D eigenvalue weighted by Crippen LogP contribution is 2.28. The van der Waals surface area contributed by atoms with Crippen LogP contribution in [0.2, 0.25) is 0 Å². The molecule has 0 unspecified atom stereocenters. The monoisotopic (exact) mass is 422 g/mol. The molecule has 1 aliphatic carbocycles. The molecule has 1 saturated carbocycles. The van der Waals surface area contributed by atoms with E-state index in [1.54, 1.807) is 19.2 Å². The van der Waals surface area contributed by atoms with Gasteiger partial charge in [0, 0.05) is 31.6 Å². The minimum absolute atomic E-state index is 0.132. The Kier molecular flexibility index (Phi) is 6.06. The molecule has 0 radical (unpaired) electrons. The van der Waals surface area contributed by atoms with Gasteiger partial charge in [-0.25, -0.2) is 4.98 Å². The topological polar surface area (TPSA) is 94.5 Å². The summed E-state index contributed by atoms with van der Waals surface area (Å²) in [7, 11) is 3.51. The number of hydrogen-bond donors (Lipinski definition) is 2. The van der Waals surface area contributed by atoms with Crippen LogP contribution in [0.1, 0.15) is 18.7 Å². The highest BCUT2D eigenvalue weighted by atomic mass is 16.5. The highest BCUT2D eigenvalue weighted by molar-refractivity contribution is 5.94. The van der Waals surface area contributed by atoms with Crippen LogP contribution in [0.25, 0.3) is 11.0 Å². The summed E-state index contributed by atoms with van der Waals surface area (Å²) in [6.07, 6.45) is 2.64. The van der Waals surface area contributed by atoms with E-state index in [-0.39, 0.29) is 24.3 Å². The van der Waals surface area contributed by atoms with E-state index in [2.05, 4.69) is 15.6 Å². The van der Waals surface area contributed by atoms with Gasteiger partial charge in [0.05, 0.1) is 18.1 Å². The van der Waals surface area contributed by atoms with Crippen LogP contribution >= 0.6 is 0 Å². The molecule has 1 aromatic heterocycles. The predicted molar refractivity (Wildman–Crippen MR) is 117 cm³/mol. The molecule has 162 valence electrons. The van der Waals surface area contributed by atoms with Crippen molar-refractivity contribution in [3.05, 3.63) is 48.3 Å². The lowest BCUT2D eigenvalue weighted by Crippen LogP contribution is -2.27. The zero-order valence-corrected chi connectivity index (χ0v) is 17.7. The number of hydrogen-bond acceptors (Lipinski definition) is 5. The lowest BCUT2D eigenvalue weighted by Gasteiger charge is -2.10. The van der Waals surface area contributed by atoms with E-state index < -0.39 is 0 Å². The number of aryl methyl sites for hydroxylation is 1. The van der Waals surface area contributed by atoms with Gasteiger partial charge in [0.1, 0.15) is 5.82 Å². The van der Waals surface area contributed by atoms with Crippen LogP contribution in [0, 0.1) is 5.92 Å². The number of methoxy groups -OCH3 is 1. The van der Waals surface area contributed by atoms with Crippen LogP contribution in [-0.4, -0.2) is 41.6 Å². The lowest BCUT2D eigenvalue weighted by atomic mass is 10.2. The summed E-state index contributed by atoms with van der Waals surface area (Å²) in [5.41, 5.74) is 2.40. The molecule has 0 saturated heterocycles. The second-order valence-electron chi connectivity index (χ2n) is 7.59. The van der Waals surface area contributed by atoms with Crippen molar-refractivity contribution in [2.24, 2.45) is 13.0 Å². The van der Waals surface area contributed by atoms with E-state index in [1.807, 2.05) is 41.9 Å². The fourth-order valence-corrected chi connectivity index (χ4v) is 3.42. The number of imidazole rings is 1. The first-order valence-electron chi connectivity index (χ1n) is 10.3. The number of fused-ring (bicyclic) bond motifs is 1. The molecule has 31 heavy (non-hydrogen) atoms. The van der Waals surface area contributed by atoms with Crippen LogP contribution in [0.3, 0.4) is 0 Å². The third-order valence-corrected chi connectivity index (χ3v) is 5.28. The summed E-state index contributed by atoms with van der Waals surface area (Å²) in [6, 6.07) is 12.8. The molecule has 8 nitrogen and oxygen atoms in total. The molecular formula is C23H26N4O4. The quantitative estimate of drug-likeness (QED) is 0.553. The Morgan fingerprint density at radius 1 is 1.16 bits per heavy atom. The van der Waals surface area contributed by atoms with Gasteiger partial charge >= 0.3 is 0 Å². The van der Waals surface area contributed by atoms with Gasteiger partial charge in [-0.3, -0.25) is 9.59 Å². The summed E-state index contributed by atoms with van der Waals surface area (Å²) in [6.45, 7) is 0.433. The molecule has 2 amide bonds. The Balaban J connectivity index is 1.35. The Hall–Kier alpha value is -3.55. The zero-order chi connectivity index (χ0) is 21.8. The summed E-state index contributed by atoms with van der Waals surface area (Å²) in [5.74, 6) is 2.04. The number of nitrogens with one attached hydrogen (secondary N) is 2. The standard InChI is InChI=1S/C23H26N4O4/c1-27-18-10-9-16(25-22(28)14-31-20-6-4-3-5-19(20)30-2)13-17(18)26-21(27)11-12-24-23(29)15-7-8-15/h3-6,9-10,13,15H,7-8,11-12,14H2,1-2H3,(H,24,29)(H,25,28). The number of carbonyl (C=O) groups excluding carboxylic acids is 2. The molecule has 1 aliphatic rings. The first-order valence-corrected chi connectivity index (χ1v) is 10.3. The van der Waals surface area contributed by atoms with Gasteiger partial charge in [0.25, 0.3) is 5.91 Å². The van der Waals surface area contributed by atoms with E-state index in [0.29, 0.717) is 30.2 Å². The molecule has 1 heterocycles. The summed E-state index contributed by atoms with van der Waals surface area (Å²) >= 11 is 0. The van der Waals surface area contributed by atoms with E-state index in [4.69, 9.17) is 9.47 Å². The fraction of sp³-hybridized carbons (Fsp3) is 0.348. The lowest BCUT2D eigenvalue weighted by molar-refractivity contribution is -0.122. The number of nitrogens with zero attached hydrogens (tertiary/aromatic N) is 2. The molecule has 2 N–H and O–H groups in total. The van der Waals surface area contributed by atoms with Crippen molar-refractivity contribution in [3.63, 3.8) is 0 Å². The average molecular weight is 422 g/mol. The van der Waals surface area contributed by atoms with Crippen LogP contribution in [0.4, 0.5) is 5.69 Å². The number of benzene rings is 2. The second-order valence-corrected chi connectivity index (χ2v) is 7.59. The van der Waals surface area contributed by atoms with Crippen molar-refractivity contribution in [1.82, 2.24) is 14.9 Å². The minimum Gasteiger partial charge on any atom is -0.493 e. The van der Waals surface area contributed by atoms with E-state index >= 15 is 0 Å². The van der Waals surface area contributed by atoms with Crippen molar-refractivity contribution in [3.8, 4) is 11.5 Å². The van der Waals surface area contributed by atoms with Crippen molar-refractivity contribution >= 4 is 28.5 Å². The van der Waals surface area contributed by atoms with Gasteiger partial charge in [-0.1, -0.05) is 12.1 Å². The molecule has 0 spiro atoms. The summed E-state index contributed by atoms with van der Waals surface area (Å²) < 4.78 is 12.8. The van der Waals surface area contributed by atoms with Crippen molar-refractivity contribution in [2.45, 2.75) is 19.3 Å². The Labute approximate surface area is 180 Å². The molecule has 1 fully saturated rings. The number of anilines is 1. The number of rotatable bonds is 9. The third kappa shape index (κ3) is 4.96. The maximum atomic E-state index is 12.3.